The van der Waals surface area contributed by atoms with Crippen LogP contribution in [-0.2, 0) is 43.2 Å². The van der Waals surface area contributed by atoms with Crippen molar-refractivity contribution in [2.75, 3.05) is 0 Å². The summed E-state index contributed by atoms with van der Waals surface area (Å²) in [6.07, 6.45) is 4.03. The van der Waals surface area contributed by atoms with Crippen molar-refractivity contribution in [1.82, 2.24) is 0 Å². The largest absolute Gasteiger partial charge is 0.331 e. The molecule has 0 aromatic heterocycles. The van der Waals surface area contributed by atoms with Crippen LogP contribution in [0.4, 0.5) is 0 Å². The standard InChI is InChI=1S/C39H38O9S3/c1-23-17-24(2)35(25(3)18-23)20-29-7-11-31(12-8-29)38(34-16-15-33(49(40,41)42)22-37(34)50(43,44)45)32-13-9-30(10-14-32)21-36-26(4)19-27(5)39(28(36)6)51(46,47)48/h7-19,22H,20-21H2,1-6H3,(H2-,40,41,42,43,44,45,46,47,48)/p+1. The third-order valence-electron chi connectivity index (χ3n) is 9.20. The molecule has 12 heteroatoms. The summed E-state index contributed by atoms with van der Waals surface area (Å²) in [6.45, 7) is 11.3. The fourth-order valence-electron chi connectivity index (χ4n) is 6.91. The summed E-state index contributed by atoms with van der Waals surface area (Å²) in [5.41, 5.74) is 10.5. The summed E-state index contributed by atoms with van der Waals surface area (Å²) < 4.78 is 103. The van der Waals surface area contributed by atoms with Gasteiger partial charge in [0.25, 0.3) is 10.1 Å². The second kappa shape index (κ2) is 14.0. The van der Waals surface area contributed by atoms with Gasteiger partial charge in [-0.25, -0.2) is 0 Å². The predicted octanol–water partition coefficient (Wildman–Crippen LogP) is 7.53. The van der Waals surface area contributed by atoms with Gasteiger partial charge in [-0.05, 0) is 129 Å². The summed E-state index contributed by atoms with van der Waals surface area (Å²) in [4.78, 5) is -0.821. The monoisotopic (exact) mass is 747 g/mol. The minimum atomic E-state index is -4.98. The first kappa shape index (κ1) is 37.9. The van der Waals surface area contributed by atoms with Gasteiger partial charge in [0.1, 0.15) is 5.57 Å². The van der Waals surface area contributed by atoms with Gasteiger partial charge >= 0.3 is 20.2 Å². The molecule has 4 aromatic rings. The normalized spacial score (nSPS) is 14.8. The van der Waals surface area contributed by atoms with Crippen molar-refractivity contribution in [3.8, 4) is 0 Å². The molecule has 0 heterocycles. The SMILES string of the molecule is Cc1cc(C)c(Cc2ccc(C(=C3C=CC(S(=O)(=O)O)=C[C+]3S(=O)(=O)O)c3ccc(Cc4c(C)cc(C)c(S(=O)(=O)O)c4C)cc3)cc2)c(C)c1. The number of hydrogen-bond donors (Lipinski definition) is 3. The van der Waals surface area contributed by atoms with Crippen LogP contribution >= 0.6 is 0 Å². The van der Waals surface area contributed by atoms with Gasteiger partial charge in [0.15, 0.2) is 10.2 Å². The van der Waals surface area contributed by atoms with Crippen molar-refractivity contribution < 1.29 is 38.9 Å². The molecule has 0 atom stereocenters. The Hall–Kier alpha value is -4.30. The molecule has 3 N–H and O–H groups in total. The zero-order valence-electron chi connectivity index (χ0n) is 29.0. The van der Waals surface area contributed by atoms with Crippen molar-refractivity contribution in [1.29, 1.82) is 0 Å². The van der Waals surface area contributed by atoms with E-state index in [2.05, 4.69) is 32.9 Å². The summed E-state index contributed by atoms with van der Waals surface area (Å²) in [5.74, 6) is 0. The molecule has 0 fully saturated rings. The van der Waals surface area contributed by atoms with Gasteiger partial charge in [0.2, 0.25) is 0 Å². The molecule has 0 spiro atoms. The Morgan fingerprint density at radius 2 is 1.06 bits per heavy atom. The van der Waals surface area contributed by atoms with Crippen molar-refractivity contribution in [3.63, 3.8) is 0 Å². The number of hydrogen-bond acceptors (Lipinski definition) is 6. The maximum Gasteiger partial charge on any atom is 0.331 e. The highest BCUT2D eigenvalue weighted by Crippen LogP contribution is 2.39. The molecule has 51 heavy (non-hydrogen) atoms. The van der Waals surface area contributed by atoms with Crippen LogP contribution in [0.2, 0.25) is 0 Å². The van der Waals surface area contributed by atoms with Crippen LogP contribution in [-0.4, -0.2) is 38.9 Å². The molecule has 1 aliphatic carbocycles. The lowest BCUT2D eigenvalue weighted by atomic mass is 9.87. The molecular weight excluding hydrogens is 709 g/mol. The molecule has 0 bridgehead atoms. The van der Waals surface area contributed by atoms with E-state index < -0.39 is 40.5 Å². The Balaban J connectivity index is 1.63. The highest BCUT2D eigenvalue weighted by Gasteiger charge is 2.39. The van der Waals surface area contributed by atoms with Crippen LogP contribution in [0.3, 0.4) is 0 Å². The molecule has 0 radical (unpaired) electrons. The maximum absolute atomic E-state index is 12.7. The first-order chi connectivity index (χ1) is 23.6. The zero-order valence-corrected chi connectivity index (χ0v) is 31.5. The maximum atomic E-state index is 12.7. The van der Waals surface area contributed by atoms with Gasteiger partial charge in [-0.1, -0.05) is 48.0 Å². The van der Waals surface area contributed by atoms with Gasteiger partial charge in [-0.15, -0.1) is 0 Å². The van der Waals surface area contributed by atoms with Gasteiger partial charge in [0.05, 0.1) is 16.5 Å². The van der Waals surface area contributed by atoms with Crippen LogP contribution in [0.1, 0.15) is 66.8 Å². The summed E-state index contributed by atoms with van der Waals surface area (Å²) in [5, 5.41) is -0.699. The Kier molecular flexibility index (Phi) is 10.4. The topological polar surface area (TPSA) is 163 Å². The highest BCUT2D eigenvalue weighted by atomic mass is 32.2. The molecule has 0 amide bonds. The van der Waals surface area contributed by atoms with Crippen molar-refractivity contribution in [2.45, 2.75) is 59.3 Å². The molecule has 1 aliphatic rings. The summed E-state index contributed by atoms with van der Waals surface area (Å²) in [7, 11) is -14.2. The van der Waals surface area contributed by atoms with E-state index in [9.17, 15) is 38.9 Å². The van der Waals surface area contributed by atoms with Gasteiger partial charge < -0.3 is 0 Å². The minimum Gasteiger partial charge on any atom is -0.282 e. The average Bonchev–Trinajstić information content (AvgIpc) is 3.01. The molecule has 0 unspecified atom stereocenters. The lowest BCUT2D eigenvalue weighted by Crippen LogP contribution is -2.17. The second-order valence-electron chi connectivity index (χ2n) is 13.0. The quantitative estimate of drug-likeness (QED) is 0.116. The third-order valence-corrected chi connectivity index (χ3v) is 12.1. The molecule has 0 saturated heterocycles. The molecule has 9 nitrogen and oxygen atoms in total. The number of benzene rings is 4. The first-order valence-corrected chi connectivity index (χ1v) is 20.3. The van der Waals surface area contributed by atoms with E-state index in [1.165, 1.54) is 28.3 Å². The van der Waals surface area contributed by atoms with Crippen LogP contribution in [0.15, 0.2) is 100 Å². The molecule has 266 valence electrons. The van der Waals surface area contributed by atoms with Crippen molar-refractivity contribution >= 4 is 35.9 Å². The zero-order chi connectivity index (χ0) is 37.6. The van der Waals surface area contributed by atoms with Crippen molar-refractivity contribution in [3.05, 3.63) is 167 Å². The predicted molar refractivity (Wildman–Crippen MR) is 199 cm³/mol. The van der Waals surface area contributed by atoms with Gasteiger partial charge in [-0.3, -0.25) is 13.7 Å². The number of allylic oxidation sites excluding steroid dienone is 2. The van der Waals surface area contributed by atoms with Crippen LogP contribution in [0.5, 0.6) is 0 Å². The minimum absolute atomic E-state index is 0.0126. The molecule has 4 aromatic carbocycles. The van der Waals surface area contributed by atoms with E-state index in [4.69, 9.17) is 0 Å². The van der Waals surface area contributed by atoms with E-state index in [0.29, 0.717) is 40.7 Å². The van der Waals surface area contributed by atoms with E-state index >= 15 is 0 Å². The van der Waals surface area contributed by atoms with E-state index in [-0.39, 0.29) is 10.5 Å². The molecule has 0 aliphatic heterocycles. The van der Waals surface area contributed by atoms with E-state index in [0.717, 1.165) is 34.4 Å². The molecule has 0 saturated carbocycles. The van der Waals surface area contributed by atoms with E-state index in [1.807, 2.05) is 31.2 Å². The van der Waals surface area contributed by atoms with Crippen LogP contribution < -0.4 is 0 Å². The lowest BCUT2D eigenvalue weighted by Gasteiger charge is -2.17. The molecular formula is C39H39O9S3+. The Morgan fingerprint density at radius 1 is 0.588 bits per heavy atom. The Labute approximate surface area is 300 Å². The van der Waals surface area contributed by atoms with Crippen molar-refractivity contribution in [2.24, 2.45) is 0 Å². The van der Waals surface area contributed by atoms with Crippen LogP contribution in [0.25, 0.3) is 5.57 Å². The van der Waals surface area contributed by atoms with Gasteiger partial charge in [0, 0.05) is 23.3 Å². The Bertz CT molecular complexity index is 2450. The average molecular weight is 748 g/mol. The third kappa shape index (κ3) is 8.27. The fourth-order valence-corrected chi connectivity index (χ4v) is 9.19. The Morgan fingerprint density at radius 3 is 1.51 bits per heavy atom. The smallest absolute Gasteiger partial charge is 0.282 e. The van der Waals surface area contributed by atoms with Crippen LogP contribution in [0, 0.1) is 46.8 Å². The van der Waals surface area contributed by atoms with Gasteiger partial charge in [-0.2, -0.15) is 25.3 Å². The first-order valence-electron chi connectivity index (χ1n) is 15.9. The lowest BCUT2D eigenvalue weighted by molar-refractivity contribution is 0.480. The number of rotatable bonds is 9. The highest BCUT2D eigenvalue weighted by molar-refractivity contribution is 7.90. The fraction of sp³-hybridized carbons (Fsp3) is 0.205. The van der Waals surface area contributed by atoms with E-state index in [1.54, 1.807) is 44.2 Å². The molecule has 5 rings (SSSR count). The number of aryl methyl sites for hydroxylation is 5. The summed E-state index contributed by atoms with van der Waals surface area (Å²) >= 11 is 0. The summed E-state index contributed by atoms with van der Waals surface area (Å²) in [6, 6.07) is 20.6. The second-order valence-corrected chi connectivity index (χ2v) is 17.2.